The molecular weight excluding hydrogens is 354 g/mol. The third kappa shape index (κ3) is 4.93. The number of aromatic nitrogens is 1. The first kappa shape index (κ1) is 18.6. The van der Waals surface area contributed by atoms with Crippen LogP contribution in [-0.4, -0.2) is 16.8 Å². The topological polar surface area (TPSA) is 107 Å². The summed E-state index contributed by atoms with van der Waals surface area (Å²) in [6, 6.07) is 19.2. The Balaban J connectivity index is 1.72. The third-order valence-electron chi connectivity index (χ3n) is 3.74. The monoisotopic (exact) mass is 371 g/mol. The van der Waals surface area contributed by atoms with Crippen molar-refractivity contribution in [2.45, 2.75) is 6.92 Å². The van der Waals surface area contributed by atoms with Gasteiger partial charge in [0, 0.05) is 35.9 Å². The number of nitriles is 1. The van der Waals surface area contributed by atoms with Gasteiger partial charge in [-0.1, -0.05) is 6.07 Å². The molecule has 7 heteroatoms. The maximum atomic E-state index is 12.4. The SMILES string of the molecule is CC(=O)Nc1cccc(Nc2ccnc(C(=O)Nc3ccc(C#N)cc3)c2)c1. The quantitative estimate of drug-likeness (QED) is 0.630. The Morgan fingerprint density at radius 2 is 1.61 bits per heavy atom. The van der Waals surface area contributed by atoms with Gasteiger partial charge < -0.3 is 16.0 Å². The van der Waals surface area contributed by atoms with Crippen molar-refractivity contribution in [1.82, 2.24) is 4.98 Å². The van der Waals surface area contributed by atoms with E-state index in [4.69, 9.17) is 5.26 Å². The summed E-state index contributed by atoms with van der Waals surface area (Å²) in [7, 11) is 0. The van der Waals surface area contributed by atoms with Crippen LogP contribution in [0.25, 0.3) is 0 Å². The number of carbonyl (C=O) groups excluding carboxylic acids is 2. The van der Waals surface area contributed by atoms with Crippen LogP contribution in [0.4, 0.5) is 22.7 Å². The standard InChI is InChI=1S/C21H17N5O2/c1-14(27)24-17-3-2-4-18(11-17)25-19-9-10-23-20(12-19)21(28)26-16-7-5-15(13-22)6-8-16/h2-12H,1H3,(H,23,25)(H,24,27)(H,26,28). The number of hydrogen-bond acceptors (Lipinski definition) is 5. The van der Waals surface area contributed by atoms with Gasteiger partial charge in [-0.2, -0.15) is 5.26 Å². The van der Waals surface area contributed by atoms with E-state index in [-0.39, 0.29) is 17.5 Å². The van der Waals surface area contributed by atoms with Crippen LogP contribution in [0.1, 0.15) is 23.0 Å². The minimum Gasteiger partial charge on any atom is -0.355 e. The van der Waals surface area contributed by atoms with Gasteiger partial charge in [-0.05, 0) is 54.6 Å². The van der Waals surface area contributed by atoms with Crippen LogP contribution < -0.4 is 16.0 Å². The number of amides is 2. The number of anilines is 4. The molecule has 0 fully saturated rings. The number of benzene rings is 2. The van der Waals surface area contributed by atoms with Gasteiger partial charge in [0.2, 0.25) is 5.91 Å². The molecule has 28 heavy (non-hydrogen) atoms. The highest BCUT2D eigenvalue weighted by molar-refractivity contribution is 6.03. The Bertz CT molecular complexity index is 1050. The second-order valence-electron chi connectivity index (χ2n) is 5.96. The molecule has 3 rings (SSSR count). The molecule has 0 aliphatic carbocycles. The molecule has 0 aliphatic rings. The molecule has 0 bridgehead atoms. The summed E-state index contributed by atoms with van der Waals surface area (Å²) in [4.78, 5) is 27.7. The van der Waals surface area contributed by atoms with E-state index in [1.54, 1.807) is 48.5 Å². The fourth-order valence-electron chi connectivity index (χ4n) is 2.50. The summed E-state index contributed by atoms with van der Waals surface area (Å²) in [6.45, 7) is 1.45. The highest BCUT2D eigenvalue weighted by atomic mass is 16.2. The Kier molecular flexibility index (Phi) is 5.63. The first-order chi connectivity index (χ1) is 13.5. The molecular formula is C21H17N5O2. The van der Waals surface area contributed by atoms with Gasteiger partial charge in [-0.25, -0.2) is 0 Å². The van der Waals surface area contributed by atoms with E-state index in [9.17, 15) is 9.59 Å². The van der Waals surface area contributed by atoms with Gasteiger partial charge in [0.05, 0.1) is 11.6 Å². The van der Waals surface area contributed by atoms with Gasteiger partial charge in [-0.3, -0.25) is 14.6 Å². The van der Waals surface area contributed by atoms with Gasteiger partial charge in [0.1, 0.15) is 5.69 Å². The number of nitrogens with one attached hydrogen (secondary N) is 3. The normalized spacial score (nSPS) is 9.86. The fraction of sp³-hybridized carbons (Fsp3) is 0.0476. The van der Waals surface area contributed by atoms with Crippen molar-refractivity contribution in [1.29, 1.82) is 5.26 Å². The van der Waals surface area contributed by atoms with Crippen molar-refractivity contribution >= 4 is 34.6 Å². The van der Waals surface area contributed by atoms with E-state index in [0.717, 1.165) is 5.69 Å². The predicted molar refractivity (Wildman–Crippen MR) is 107 cm³/mol. The van der Waals surface area contributed by atoms with E-state index in [1.807, 2.05) is 18.2 Å². The summed E-state index contributed by atoms with van der Waals surface area (Å²) >= 11 is 0. The zero-order valence-electron chi connectivity index (χ0n) is 15.1. The predicted octanol–water partition coefficient (Wildman–Crippen LogP) is 3.91. The Hall–Kier alpha value is -4.18. The molecule has 0 atom stereocenters. The molecule has 138 valence electrons. The van der Waals surface area contributed by atoms with Crippen LogP contribution in [0.15, 0.2) is 66.9 Å². The van der Waals surface area contributed by atoms with Gasteiger partial charge >= 0.3 is 0 Å². The first-order valence-electron chi connectivity index (χ1n) is 8.46. The summed E-state index contributed by atoms with van der Waals surface area (Å²) < 4.78 is 0. The molecule has 3 N–H and O–H groups in total. The van der Waals surface area contributed by atoms with E-state index >= 15 is 0 Å². The lowest BCUT2D eigenvalue weighted by molar-refractivity contribution is -0.114. The number of pyridine rings is 1. The Morgan fingerprint density at radius 1 is 0.893 bits per heavy atom. The smallest absolute Gasteiger partial charge is 0.274 e. The van der Waals surface area contributed by atoms with Gasteiger partial charge in [-0.15, -0.1) is 0 Å². The lowest BCUT2D eigenvalue weighted by atomic mass is 10.2. The molecule has 0 aliphatic heterocycles. The molecule has 0 saturated carbocycles. The second-order valence-corrected chi connectivity index (χ2v) is 5.96. The van der Waals surface area contributed by atoms with Crippen LogP contribution in [0.3, 0.4) is 0 Å². The number of hydrogen-bond donors (Lipinski definition) is 3. The van der Waals surface area contributed by atoms with Crippen LogP contribution in [-0.2, 0) is 4.79 Å². The molecule has 2 aromatic carbocycles. The molecule has 0 radical (unpaired) electrons. The maximum absolute atomic E-state index is 12.4. The van der Waals surface area contributed by atoms with Crippen molar-refractivity contribution in [2.75, 3.05) is 16.0 Å². The third-order valence-corrected chi connectivity index (χ3v) is 3.74. The lowest BCUT2D eigenvalue weighted by Crippen LogP contribution is -2.13. The Morgan fingerprint density at radius 3 is 2.32 bits per heavy atom. The highest BCUT2D eigenvalue weighted by Gasteiger charge is 2.09. The first-order valence-corrected chi connectivity index (χ1v) is 8.46. The summed E-state index contributed by atoms with van der Waals surface area (Å²) in [5, 5.41) is 17.5. The molecule has 0 saturated heterocycles. The van der Waals surface area contributed by atoms with Gasteiger partial charge in [0.15, 0.2) is 0 Å². The molecule has 0 unspecified atom stereocenters. The van der Waals surface area contributed by atoms with Crippen LogP contribution in [0, 0.1) is 11.3 Å². The van der Waals surface area contributed by atoms with Crippen molar-refractivity contribution in [3.63, 3.8) is 0 Å². The Labute approximate surface area is 162 Å². The zero-order chi connectivity index (χ0) is 19.9. The molecule has 1 heterocycles. The molecule has 7 nitrogen and oxygen atoms in total. The minimum absolute atomic E-state index is 0.150. The molecule has 2 amide bonds. The van der Waals surface area contributed by atoms with Crippen LogP contribution in [0.5, 0.6) is 0 Å². The van der Waals surface area contributed by atoms with Crippen molar-refractivity contribution in [3.05, 3.63) is 78.1 Å². The minimum atomic E-state index is -0.361. The largest absolute Gasteiger partial charge is 0.355 e. The summed E-state index contributed by atoms with van der Waals surface area (Å²) in [6.07, 6.45) is 1.54. The lowest BCUT2D eigenvalue weighted by Gasteiger charge is -2.10. The zero-order valence-corrected chi connectivity index (χ0v) is 15.1. The van der Waals surface area contributed by atoms with Crippen LogP contribution >= 0.6 is 0 Å². The highest BCUT2D eigenvalue weighted by Crippen LogP contribution is 2.21. The van der Waals surface area contributed by atoms with Crippen molar-refractivity contribution in [2.24, 2.45) is 0 Å². The molecule has 1 aromatic heterocycles. The van der Waals surface area contributed by atoms with E-state index in [2.05, 4.69) is 20.9 Å². The summed E-state index contributed by atoms with van der Waals surface area (Å²) in [5.41, 5.74) is 3.45. The van der Waals surface area contributed by atoms with E-state index in [1.165, 1.54) is 13.1 Å². The fourth-order valence-corrected chi connectivity index (χ4v) is 2.50. The maximum Gasteiger partial charge on any atom is 0.274 e. The molecule has 3 aromatic rings. The van der Waals surface area contributed by atoms with Crippen molar-refractivity contribution < 1.29 is 9.59 Å². The van der Waals surface area contributed by atoms with Gasteiger partial charge in [0.25, 0.3) is 5.91 Å². The van der Waals surface area contributed by atoms with E-state index < -0.39 is 0 Å². The second kappa shape index (κ2) is 8.47. The number of rotatable bonds is 5. The molecule has 0 spiro atoms. The number of carbonyl (C=O) groups is 2. The van der Waals surface area contributed by atoms with E-state index in [0.29, 0.717) is 22.6 Å². The summed E-state index contributed by atoms with van der Waals surface area (Å²) in [5.74, 6) is -0.511. The number of nitrogens with zero attached hydrogens (tertiary/aromatic N) is 2. The van der Waals surface area contributed by atoms with Crippen molar-refractivity contribution in [3.8, 4) is 6.07 Å². The average Bonchev–Trinajstić information content (AvgIpc) is 2.68. The average molecular weight is 371 g/mol. The van der Waals surface area contributed by atoms with Crippen LogP contribution in [0.2, 0.25) is 0 Å².